The van der Waals surface area contributed by atoms with Crippen LogP contribution in [0.15, 0.2) is 35.7 Å². The Labute approximate surface area is 150 Å². The number of amides is 1. The lowest BCUT2D eigenvalue weighted by atomic mass is 9.99. The van der Waals surface area contributed by atoms with Crippen LogP contribution in [0, 0.1) is 6.92 Å². The molecule has 7 nitrogen and oxygen atoms in total. The number of carbonyl (C=O) groups is 2. The van der Waals surface area contributed by atoms with Crippen LogP contribution in [0.3, 0.4) is 0 Å². The van der Waals surface area contributed by atoms with Gasteiger partial charge in [0.15, 0.2) is 5.16 Å². The van der Waals surface area contributed by atoms with Crippen LogP contribution in [-0.4, -0.2) is 54.5 Å². The zero-order valence-electron chi connectivity index (χ0n) is 14.2. The van der Waals surface area contributed by atoms with Crippen molar-refractivity contribution >= 4 is 23.6 Å². The van der Waals surface area contributed by atoms with Crippen LogP contribution in [0.5, 0.6) is 0 Å². The number of hydrogen-bond acceptors (Lipinski definition) is 5. The summed E-state index contributed by atoms with van der Waals surface area (Å²) in [6.45, 7) is 4.10. The van der Waals surface area contributed by atoms with Crippen LogP contribution in [0.2, 0.25) is 0 Å². The molecule has 1 N–H and O–H groups in total. The lowest BCUT2D eigenvalue weighted by Crippen LogP contribution is -2.51. The van der Waals surface area contributed by atoms with Gasteiger partial charge in [-0.05, 0) is 38.8 Å². The van der Waals surface area contributed by atoms with Crippen molar-refractivity contribution in [1.29, 1.82) is 0 Å². The summed E-state index contributed by atoms with van der Waals surface area (Å²) < 4.78 is 1.82. The van der Waals surface area contributed by atoms with E-state index in [0.717, 1.165) is 11.3 Å². The van der Waals surface area contributed by atoms with Gasteiger partial charge in [-0.15, -0.1) is 10.2 Å². The van der Waals surface area contributed by atoms with Gasteiger partial charge in [-0.1, -0.05) is 29.5 Å². The highest BCUT2D eigenvalue weighted by atomic mass is 32.2. The van der Waals surface area contributed by atoms with Crippen molar-refractivity contribution in [3.05, 3.63) is 36.2 Å². The van der Waals surface area contributed by atoms with E-state index >= 15 is 0 Å². The summed E-state index contributed by atoms with van der Waals surface area (Å²) in [4.78, 5) is 25.5. The number of aromatic nitrogens is 3. The average molecular weight is 360 g/mol. The molecule has 0 bridgehead atoms. The number of carboxylic acid groups (broad SMARTS) is 1. The first kappa shape index (κ1) is 17.5. The number of hydrogen-bond donors (Lipinski definition) is 1. The Balaban J connectivity index is 1.70. The average Bonchev–Trinajstić information content (AvgIpc) is 3.21. The van der Waals surface area contributed by atoms with Gasteiger partial charge in [0.2, 0.25) is 5.91 Å². The summed E-state index contributed by atoms with van der Waals surface area (Å²) in [6.07, 6.45) is 2.80. The Morgan fingerprint density at radius 3 is 2.72 bits per heavy atom. The van der Waals surface area contributed by atoms with Gasteiger partial charge in [0.25, 0.3) is 0 Å². The normalized spacial score (nSPS) is 20.0. The first-order chi connectivity index (χ1) is 11.9. The second kappa shape index (κ2) is 6.87. The number of carbonyl (C=O) groups excluding carboxylic acids is 1. The second-order valence-electron chi connectivity index (χ2n) is 6.34. The Kier molecular flexibility index (Phi) is 4.80. The lowest BCUT2D eigenvalue weighted by Gasteiger charge is -2.31. The van der Waals surface area contributed by atoms with Gasteiger partial charge in [-0.2, -0.15) is 0 Å². The van der Waals surface area contributed by atoms with E-state index in [0.29, 0.717) is 24.5 Å². The lowest BCUT2D eigenvalue weighted by molar-refractivity contribution is -0.154. The molecule has 2 heterocycles. The third-order valence-corrected chi connectivity index (χ3v) is 5.48. The number of rotatable bonds is 5. The number of thioether (sulfide) groups is 1. The molecule has 1 unspecified atom stereocenters. The Bertz CT molecular complexity index is 789. The topological polar surface area (TPSA) is 88.3 Å². The summed E-state index contributed by atoms with van der Waals surface area (Å²) in [5.74, 6) is -1.01. The predicted molar refractivity (Wildman–Crippen MR) is 93.8 cm³/mol. The van der Waals surface area contributed by atoms with E-state index in [1.807, 2.05) is 35.8 Å². The molecule has 1 fully saturated rings. The van der Waals surface area contributed by atoms with Crippen molar-refractivity contribution in [3.8, 4) is 5.69 Å². The molecule has 1 amide bonds. The van der Waals surface area contributed by atoms with Gasteiger partial charge in [0.05, 0.1) is 5.75 Å². The summed E-state index contributed by atoms with van der Waals surface area (Å²) in [7, 11) is 0. The molecular weight excluding hydrogens is 340 g/mol. The van der Waals surface area contributed by atoms with Crippen LogP contribution in [0.1, 0.15) is 25.3 Å². The number of nitrogens with zero attached hydrogens (tertiary/aromatic N) is 4. The molecular formula is C17H20N4O3S. The maximum atomic E-state index is 12.5. The molecule has 1 aromatic carbocycles. The van der Waals surface area contributed by atoms with Crippen LogP contribution in [-0.2, 0) is 9.59 Å². The molecule has 2 aromatic rings. The molecule has 0 radical (unpaired) electrons. The summed E-state index contributed by atoms with van der Waals surface area (Å²) in [5, 5.41) is 18.0. The van der Waals surface area contributed by atoms with Gasteiger partial charge in [-0.25, -0.2) is 4.79 Å². The van der Waals surface area contributed by atoms with Crippen LogP contribution in [0.4, 0.5) is 0 Å². The highest BCUT2D eigenvalue weighted by Crippen LogP contribution is 2.30. The molecule has 1 aliphatic rings. The monoisotopic (exact) mass is 360 g/mol. The largest absolute Gasteiger partial charge is 0.480 e. The van der Waals surface area contributed by atoms with Gasteiger partial charge >= 0.3 is 5.97 Å². The van der Waals surface area contributed by atoms with E-state index in [1.54, 1.807) is 13.3 Å². The van der Waals surface area contributed by atoms with Crippen LogP contribution < -0.4 is 0 Å². The minimum atomic E-state index is -1.11. The zero-order chi connectivity index (χ0) is 18.0. The summed E-state index contributed by atoms with van der Waals surface area (Å²) in [5.41, 5.74) is 0.965. The van der Waals surface area contributed by atoms with E-state index < -0.39 is 11.5 Å². The first-order valence-corrected chi connectivity index (χ1v) is 9.04. The fraction of sp³-hybridized carbons (Fsp3) is 0.412. The fourth-order valence-corrected chi connectivity index (χ4v) is 3.80. The van der Waals surface area contributed by atoms with Gasteiger partial charge in [0, 0.05) is 12.2 Å². The zero-order valence-corrected chi connectivity index (χ0v) is 15.0. The Hall–Kier alpha value is -2.35. The van der Waals surface area contributed by atoms with Crippen LogP contribution in [0.25, 0.3) is 5.69 Å². The van der Waals surface area contributed by atoms with Crippen molar-refractivity contribution < 1.29 is 14.7 Å². The van der Waals surface area contributed by atoms with Crippen molar-refractivity contribution in [2.24, 2.45) is 0 Å². The highest BCUT2D eigenvalue weighted by molar-refractivity contribution is 7.99. The molecule has 8 heteroatoms. The van der Waals surface area contributed by atoms with Gasteiger partial charge in [0.1, 0.15) is 11.9 Å². The fourth-order valence-electron chi connectivity index (χ4n) is 2.99. The number of likely N-dealkylation sites (tertiary alicyclic amines) is 1. The SMILES string of the molecule is Cc1ccc(-n2cnnc2SCC(=O)N2CCCC2(C)C(=O)O)cc1. The van der Waals surface area contributed by atoms with Crippen molar-refractivity contribution in [1.82, 2.24) is 19.7 Å². The van der Waals surface area contributed by atoms with Crippen molar-refractivity contribution in [2.45, 2.75) is 37.4 Å². The third-order valence-electron chi connectivity index (χ3n) is 4.56. The maximum Gasteiger partial charge on any atom is 0.329 e. The minimum Gasteiger partial charge on any atom is -0.480 e. The molecule has 1 atom stereocenters. The Morgan fingerprint density at radius 1 is 1.32 bits per heavy atom. The smallest absolute Gasteiger partial charge is 0.329 e. The minimum absolute atomic E-state index is 0.132. The molecule has 1 saturated heterocycles. The van der Waals surface area contributed by atoms with E-state index in [9.17, 15) is 14.7 Å². The summed E-state index contributed by atoms with van der Waals surface area (Å²) in [6, 6.07) is 7.92. The van der Waals surface area contributed by atoms with Gasteiger partial charge < -0.3 is 10.0 Å². The maximum absolute atomic E-state index is 12.5. The van der Waals surface area contributed by atoms with E-state index in [1.165, 1.54) is 16.7 Å². The van der Waals surface area contributed by atoms with Crippen molar-refractivity contribution in [2.75, 3.05) is 12.3 Å². The quantitative estimate of drug-likeness (QED) is 0.822. The number of benzene rings is 1. The van der Waals surface area contributed by atoms with E-state index in [4.69, 9.17) is 0 Å². The Morgan fingerprint density at radius 2 is 2.04 bits per heavy atom. The molecule has 0 aliphatic carbocycles. The first-order valence-electron chi connectivity index (χ1n) is 8.05. The predicted octanol–water partition coefficient (Wildman–Crippen LogP) is 2.13. The second-order valence-corrected chi connectivity index (χ2v) is 7.28. The van der Waals surface area contributed by atoms with Gasteiger partial charge in [-0.3, -0.25) is 9.36 Å². The van der Waals surface area contributed by atoms with E-state index in [2.05, 4.69) is 10.2 Å². The van der Waals surface area contributed by atoms with E-state index in [-0.39, 0.29) is 11.7 Å². The number of aryl methyl sites for hydroxylation is 1. The molecule has 3 rings (SSSR count). The molecule has 1 aliphatic heterocycles. The highest BCUT2D eigenvalue weighted by Gasteiger charge is 2.45. The van der Waals surface area contributed by atoms with Crippen molar-refractivity contribution in [3.63, 3.8) is 0 Å². The standard InChI is InChI=1S/C17H20N4O3S/c1-12-4-6-13(7-5-12)20-11-18-19-16(20)25-10-14(22)21-9-3-8-17(21,2)15(23)24/h4-7,11H,3,8-10H2,1-2H3,(H,23,24). The third kappa shape index (κ3) is 3.39. The summed E-state index contributed by atoms with van der Waals surface area (Å²) >= 11 is 1.27. The molecule has 0 saturated carbocycles. The van der Waals surface area contributed by atoms with Crippen LogP contribution >= 0.6 is 11.8 Å². The molecule has 1 aromatic heterocycles. The molecule has 25 heavy (non-hydrogen) atoms. The molecule has 132 valence electrons. The molecule has 0 spiro atoms. The number of aliphatic carboxylic acids is 1. The number of carboxylic acids is 1.